The molecule has 1 aliphatic heterocycles. The first-order valence-electron chi connectivity index (χ1n) is 10.2. The van der Waals surface area contributed by atoms with Crippen molar-refractivity contribution in [2.75, 3.05) is 53.5 Å². The number of ether oxygens (including phenoxy) is 1. The predicted octanol–water partition coefficient (Wildman–Crippen LogP) is 1.31. The van der Waals surface area contributed by atoms with Crippen LogP contribution in [0.5, 0.6) is 0 Å². The summed E-state index contributed by atoms with van der Waals surface area (Å²) < 4.78 is 5.38. The van der Waals surface area contributed by atoms with Gasteiger partial charge in [0, 0.05) is 52.9 Å². The summed E-state index contributed by atoms with van der Waals surface area (Å²) in [5.74, 6) is 0.681. The first-order valence-corrected chi connectivity index (χ1v) is 10.2. The van der Waals surface area contributed by atoms with Crippen LogP contribution in [-0.2, 0) is 16.1 Å². The van der Waals surface area contributed by atoms with Crippen LogP contribution < -0.4 is 10.6 Å². The molecule has 0 spiro atoms. The van der Waals surface area contributed by atoms with Gasteiger partial charge in [-0.2, -0.15) is 0 Å². The van der Waals surface area contributed by atoms with Crippen molar-refractivity contribution in [3.05, 3.63) is 35.9 Å². The summed E-state index contributed by atoms with van der Waals surface area (Å²) in [7, 11) is 3.49. The normalized spacial score (nSPS) is 16.0. The number of guanidine groups is 1. The average Bonchev–Trinajstić information content (AvgIpc) is 2.71. The molecule has 1 heterocycles. The van der Waals surface area contributed by atoms with Crippen LogP contribution in [-0.4, -0.2) is 81.2 Å². The fraction of sp³-hybridized carbons (Fsp3) is 0.619. The van der Waals surface area contributed by atoms with E-state index in [-0.39, 0.29) is 12.5 Å². The molecule has 1 saturated heterocycles. The molecule has 1 aromatic rings. The Morgan fingerprint density at radius 1 is 1.25 bits per heavy atom. The van der Waals surface area contributed by atoms with Crippen molar-refractivity contribution in [1.29, 1.82) is 0 Å². The largest absolute Gasteiger partial charge is 0.380 e. The van der Waals surface area contributed by atoms with Crippen LogP contribution in [0, 0.1) is 0 Å². The summed E-state index contributed by atoms with van der Waals surface area (Å²) in [4.78, 5) is 20.4. The highest BCUT2D eigenvalue weighted by Gasteiger charge is 2.20. The van der Waals surface area contributed by atoms with Crippen molar-refractivity contribution in [3.8, 4) is 0 Å². The van der Waals surface area contributed by atoms with Crippen molar-refractivity contribution in [3.63, 3.8) is 0 Å². The highest BCUT2D eigenvalue weighted by Crippen LogP contribution is 2.13. The molecule has 1 amide bonds. The molecule has 0 aromatic heterocycles. The predicted molar refractivity (Wildman–Crippen MR) is 113 cm³/mol. The molecule has 1 aliphatic rings. The Bertz CT molecular complexity index is 598. The SMILES string of the molecule is CCOCCNC(=NCC(=O)N(C)C)NC1CCN(Cc2ccccc2)CC1. The summed E-state index contributed by atoms with van der Waals surface area (Å²) in [6, 6.07) is 11.0. The van der Waals surface area contributed by atoms with E-state index in [1.54, 1.807) is 19.0 Å². The first kappa shape index (κ1) is 22.2. The molecule has 28 heavy (non-hydrogen) atoms. The lowest BCUT2D eigenvalue weighted by molar-refractivity contribution is -0.127. The van der Waals surface area contributed by atoms with Crippen molar-refractivity contribution in [2.45, 2.75) is 32.4 Å². The van der Waals surface area contributed by atoms with Gasteiger partial charge in [-0.15, -0.1) is 0 Å². The van der Waals surface area contributed by atoms with Gasteiger partial charge in [0.25, 0.3) is 0 Å². The molecule has 0 bridgehead atoms. The van der Waals surface area contributed by atoms with Gasteiger partial charge in [-0.05, 0) is 25.3 Å². The number of amides is 1. The Morgan fingerprint density at radius 2 is 1.96 bits per heavy atom. The molecule has 1 fully saturated rings. The Labute approximate surface area is 169 Å². The first-order chi connectivity index (χ1) is 13.6. The van der Waals surface area contributed by atoms with Gasteiger partial charge in [0.15, 0.2) is 5.96 Å². The zero-order chi connectivity index (χ0) is 20.2. The molecular formula is C21H35N5O2. The smallest absolute Gasteiger partial charge is 0.243 e. The second kappa shape index (κ2) is 12.4. The molecule has 7 nitrogen and oxygen atoms in total. The minimum Gasteiger partial charge on any atom is -0.380 e. The average molecular weight is 390 g/mol. The monoisotopic (exact) mass is 389 g/mol. The fourth-order valence-electron chi connectivity index (χ4n) is 3.10. The van der Waals surface area contributed by atoms with Crippen molar-refractivity contribution < 1.29 is 9.53 Å². The molecule has 156 valence electrons. The quantitative estimate of drug-likeness (QED) is 0.379. The molecule has 7 heteroatoms. The van der Waals surface area contributed by atoms with Gasteiger partial charge in [-0.25, -0.2) is 4.99 Å². The van der Waals surface area contributed by atoms with Crippen LogP contribution >= 0.6 is 0 Å². The Hall–Kier alpha value is -2.12. The lowest BCUT2D eigenvalue weighted by atomic mass is 10.0. The third-order valence-corrected chi connectivity index (χ3v) is 4.79. The minimum absolute atomic E-state index is 0.0106. The van der Waals surface area contributed by atoms with Gasteiger partial charge in [0.1, 0.15) is 6.54 Å². The Morgan fingerprint density at radius 3 is 2.61 bits per heavy atom. The molecule has 0 unspecified atom stereocenters. The third-order valence-electron chi connectivity index (χ3n) is 4.79. The van der Waals surface area contributed by atoms with Crippen LogP contribution in [0.2, 0.25) is 0 Å². The molecule has 0 atom stereocenters. The number of nitrogens with one attached hydrogen (secondary N) is 2. The van der Waals surface area contributed by atoms with E-state index in [0.29, 0.717) is 31.8 Å². The summed E-state index contributed by atoms with van der Waals surface area (Å²) in [6.45, 7) is 7.21. The zero-order valence-corrected chi connectivity index (χ0v) is 17.5. The van der Waals surface area contributed by atoms with E-state index >= 15 is 0 Å². The molecule has 0 aliphatic carbocycles. The van der Waals surface area contributed by atoms with Crippen molar-refractivity contribution >= 4 is 11.9 Å². The topological polar surface area (TPSA) is 69.2 Å². The molecule has 0 radical (unpaired) electrons. The summed E-state index contributed by atoms with van der Waals surface area (Å²) >= 11 is 0. The number of likely N-dealkylation sites (tertiary alicyclic amines) is 1. The molecule has 0 saturated carbocycles. The number of carbonyl (C=O) groups is 1. The number of aliphatic imine (C=N–C) groups is 1. The number of hydrogen-bond acceptors (Lipinski definition) is 4. The summed E-state index contributed by atoms with van der Waals surface area (Å²) in [5, 5.41) is 6.77. The molecular weight excluding hydrogens is 354 g/mol. The lowest BCUT2D eigenvalue weighted by Crippen LogP contribution is -2.49. The van der Waals surface area contributed by atoms with Gasteiger partial charge >= 0.3 is 0 Å². The van der Waals surface area contributed by atoms with Gasteiger partial charge in [0.2, 0.25) is 5.91 Å². The molecule has 1 aromatic carbocycles. The van der Waals surface area contributed by atoms with Crippen LogP contribution in [0.25, 0.3) is 0 Å². The number of benzene rings is 1. The van der Waals surface area contributed by atoms with E-state index < -0.39 is 0 Å². The number of carbonyl (C=O) groups excluding carboxylic acids is 1. The zero-order valence-electron chi connectivity index (χ0n) is 17.5. The Balaban J connectivity index is 1.81. The van der Waals surface area contributed by atoms with Gasteiger partial charge < -0.3 is 20.3 Å². The van der Waals surface area contributed by atoms with E-state index in [0.717, 1.165) is 32.5 Å². The number of piperidine rings is 1. The summed E-state index contributed by atoms with van der Waals surface area (Å²) in [5.41, 5.74) is 1.36. The van der Waals surface area contributed by atoms with E-state index in [4.69, 9.17) is 4.74 Å². The highest BCUT2D eigenvalue weighted by atomic mass is 16.5. The maximum atomic E-state index is 11.9. The standard InChI is InChI=1S/C21H35N5O2/c1-4-28-15-12-22-21(23-16-20(27)25(2)3)24-19-10-13-26(14-11-19)17-18-8-6-5-7-9-18/h5-9,19H,4,10-17H2,1-3H3,(H2,22,23,24). The van der Waals surface area contributed by atoms with Crippen LogP contribution in [0.3, 0.4) is 0 Å². The molecule has 2 rings (SSSR count). The van der Waals surface area contributed by atoms with Crippen LogP contribution in [0.4, 0.5) is 0 Å². The fourth-order valence-corrected chi connectivity index (χ4v) is 3.10. The third kappa shape index (κ3) is 8.27. The molecule has 2 N–H and O–H groups in total. The van der Waals surface area contributed by atoms with E-state index in [2.05, 4.69) is 50.9 Å². The number of likely N-dealkylation sites (N-methyl/N-ethyl adjacent to an activating group) is 1. The highest BCUT2D eigenvalue weighted by molar-refractivity contribution is 5.84. The van der Waals surface area contributed by atoms with Crippen LogP contribution in [0.15, 0.2) is 35.3 Å². The number of hydrogen-bond donors (Lipinski definition) is 2. The second-order valence-corrected chi connectivity index (χ2v) is 7.26. The van der Waals surface area contributed by atoms with Crippen molar-refractivity contribution in [1.82, 2.24) is 20.4 Å². The van der Waals surface area contributed by atoms with E-state index in [9.17, 15) is 4.79 Å². The summed E-state index contributed by atoms with van der Waals surface area (Å²) in [6.07, 6.45) is 2.11. The van der Waals surface area contributed by atoms with Gasteiger partial charge in [-0.1, -0.05) is 30.3 Å². The van der Waals surface area contributed by atoms with E-state index in [1.165, 1.54) is 5.56 Å². The van der Waals surface area contributed by atoms with E-state index in [1.807, 2.05) is 6.92 Å². The second-order valence-electron chi connectivity index (χ2n) is 7.26. The lowest BCUT2D eigenvalue weighted by Gasteiger charge is -2.33. The Kier molecular flexibility index (Phi) is 9.79. The van der Waals surface area contributed by atoms with Gasteiger partial charge in [-0.3, -0.25) is 9.69 Å². The van der Waals surface area contributed by atoms with Crippen LogP contribution in [0.1, 0.15) is 25.3 Å². The maximum Gasteiger partial charge on any atom is 0.243 e. The number of rotatable bonds is 9. The maximum absolute atomic E-state index is 11.9. The van der Waals surface area contributed by atoms with Crippen molar-refractivity contribution in [2.24, 2.45) is 4.99 Å². The number of nitrogens with zero attached hydrogens (tertiary/aromatic N) is 3. The minimum atomic E-state index is -0.0106. The van der Waals surface area contributed by atoms with Gasteiger partial charge in [0.05, 0.1) is 6.61 Å².